The van der Waals surface area contributed by atoms with Crippen molar-refractivity contribution in [2.24, 2.45) is 11.8 Å². The molecule has 1 aromatic carbocycles. The zero-order chi connectivity index (χ0) is 17.9. The van der Waals surface area contributed by atoms with Crippen molar-refractivity contribution in [1.29, 1.82) is 0 Å². The van der Waals surface area contributed by atoms with Crippen LogP contribution in [0.4, 0.5) is 0 Å². The fraction of sp³-hybridized carbons (Fsp3) is 0.684. The van der Waals surface area contributed by atoms with Crippen LogP contribution in [-0.2, 0) is 10.0 Å². The Morgan fingerprint density at radius 3 is 2.17 bits per heavy atom. The van der Waals surface area contributed by atoms with Gasteiger partial charge in [0.15, 0.2) is 0 Å². The number of aryl methyl sites for hydroxylation is 3. The second-order valence-corrected chi connectivity index (χ2v) is 9.39. The van der Waals surface area contributed by atoms with Gasteiger partial charge >= 0.3 is 0 Å². The van der Waals surface area contributed by atoms with E-state index in [1.165, 1.54) is 6.42 Å². The fourth-order valence-electron chi connectivity index (χ4n) is 4.15. The summed E-state index contributed by atoms with van der Waals surface area (Å²) in [6, 6.07) is 3.86. The van der Waals surface area contributed by atoms with Gasteiger partial charge in [-0.2, -0.15) is 0 Å². The van der Waals surface area contributed by atoms with Gasteiger partial charge in [-0.3, -0.25) is 0 Å². The van der Waals surface area contributed by atoms with Crippen LogP contribution in [0.3, 0.4) is 0 Å². The van der Waals surface area contributed by atoms with E-state index in [4.69, 9.17) is 0 Å². The van der Waals surface area contributed by atoms with Gasteiger partial charge in [-0.15, -0.1) is 0 Å². The van der Waals surface area contributed by atoms with Crippen LogP contribution < -0.4 is 4.72 Å². The van der Waals surface area contributed by atoms with E-state index in [2.05, 4.69) is 23.5 Å². The SMILES string of the molecule is Cc1cc(C)c(S(=O)(=O)NCCCN2C[C@@H](C)C[C@H](C)C2)c(C)c1. The molecule has 0 aromatic heterocycles. The van der Waals surface area contributed by atoms with Gasteiger partial charge in [0, 0.05) is 19.6 Å². The molecule has 0 unspecified atom stereocenters. The van der Waals surface area contributed by atoms with Crippen LogP contribution in [0.2, 0.25) is 0 Å². The van der Waals surface area contributed by atoms with Crippen LogP contribution >= 0.6 is 0 Å². The van der Waals surface area contributed by atoms with Gasteiger partial charge in [0.1, 0.15) is 0 Å². The lowest BCUT2D eigenvalue weighted by Crippen LogP contribution is -2.40. The maximum absolute atomic E-state index is 12.6. The van der Waals surface area contributed by atoms with Crippen LogP contribution in [0.5, 0.6) is 0 Å². The van der Waals surface area contributed by atoms with Crippen LogP contribution in [0.1, 0.15) is 43.4 Å². The molecule has 0 radical (unpaired) electrons. The highest BCUT2D eigenvalue weighted by Gasteiger charge is 2.22. The van der Waals surface area contributed by atoms with Crippen molar-refractivity contribution < 1.29 is 8.42 Å². The first-order valence-corrected chi connectivity index (χ1v) is 10.5. The predicted octanol–water partition coefficient (Wildman–Crippen LogP) is 3.26. The zero-order valence-electron chi connectivity index (χ0n) is 15.7. The Kier molecular flexibility index (Phi) is 6.46. The molecule has 1 heterocycles. The molecule has 0 aliphatic carbocycles. The number of sulfonamides is 1. The van der Waals surface area contributed by atoms with Gasteiger partial charge in [0.2, 0.25) is 10.0 Å². The Morgan fingerprint density at radius 1 is 1.08 bits per heavy atom. The highest BCUT2D eigenvalue weighted by Crippen LogP contribution is 2.22. The van der Waals surface area contributed by atoms with E-state index in [9.17, 15) is 8.42 Å². The number of likely N-dealkylation sites (tertiary alicyclic amines) is 1. The third-order valence-electron chi connectivity index (χ3n) is 4.76. The van der Waals surface area contributed by atoms with Crippen molar-refractivity contribution in [1.82, 2.24) is 9.62 Å². The average molecular weight is 353 g/mol. The molecular weight excluding hydrogens is 320 g/mol. The lowest BCUT2D eigenvalue weighted by atomic mass is 9.92. The van der Waals surface area contributed by atoms with Gasteiger partial charge in [-0.25, -0.2) is 13.1 Å². The minimum Gasteiger partial charge on any atom is -0.303 e. The average Bonchev–Trinajstić information content (AvgIpc) is 2.41. The van der Waals surface area contributed by atoms with Gasteiger partial charge in [-0.05, 0) is 63.1 Å². The molecule has 1 N–H and O–H groups in total. The van der Waals surface area contributed by atoms with E-state index in [1.807, 2.05) is 32.9 Å². The summed E-state index contributed by atoms with van der Waals surface area (Å²) in [6.45, 7) is 14.0. The fourth-order valence-corrected chi connectivity index (χ4v) is 5.67. The van der Waals surface area contributed by atoms with Crippen LogP contribution in [-0.4, -0.2) is 39.5 Å². The Bertz CT molecular complexity index is 637. The van der Waals surface area contributed by atoms with Crippen molar-refractivity contribution in [3.63, 3.8) is 0 Å². The number of nitrogens with zero attached hydrogens (tertiary/aromatic N) is 1. The molecule has 0 spiro atoms. The predicted molar refractivity (Wildman–Crippen MR) is 99.8 cm³/mol. The first-order chi connectivity index (χ1) is 11.2. The third kappa shape index (κ3) is 5.04. The molecule has 136 valence electrons. The zero-order valence-corrected chi connectivity index (χ0v) is 16.5. The summed E-state index contributed by atoms with van der Waals surface area (Å²) < 4.78 is 28.0. The van der Waals surface area contributed by atoms with Crippen molar-refractivity contribution in [2.45, 2.75) is 52.4 Å². The van der Waals surface area contributed by atoms with E-state index in [0.29, 0.717) is 11.4 Å². The Balaban J connectivity index is 1.90. The maximum Gasteiger partial charge on any atom is 0.241 e. The van der Waals surface area contributed by atoms with E-state index in [1.54, 1.807) is 0 Å². The van der Waals surface area contributed by atoms with Crippen LogP contribution in [0, 0.1) is 32.6 Å². The first kappa shape index (κ1) is 19.4. The summed E-state index contributed by atoms with van der Waals surface area (Å²) in [5.74, 6) is 1.48. The molecule has 24 heavy (non-hydrogen) atoms. The number of hydrogen-bond donors (Lipinski definition) is 1. The lowest BCUT2D eigenvalue weighted by Gasteiger charge is -2.34. The molecule has 1 saturated heterocycles. The molecule has 2 atom stereocenters. The van der Waals surface area contributed by atoms with Crippen LogP contribution in [0.25, 0.3) is 0 Å². The molecule has 0 saturated carbocycles. The number of benzene rings is 1. The normalized spacial score (nSPS) is 22.7. The third-order valence-corrected chi connectivity index (χ3v) is 6.53. The molecule has 5 heteroatoms. The number of hydrogen-bond acceptors (Lipinski definition) is 3. The highest BCUT2D eigenvalue weighted by molar-refractivity contribution is 7.89. The van der Waals surface area contributed by atoms with E-state index >= 15 is 0 Å². The summed E-state index contributed by atoms with van der Waals surface area (Å²) in [6.07, 6.45) is 2.15. The number of rotatable bonds is 6. The standard InChI is InChI=1S/C19H32N2O2S/c1-14-10-17(4)19(18(5)11-14)24(22,23)20-7-6-8-21-12-15(2)9-16(3)13-21/h10-11,15-16,20H,6-9,12-13H2,1-5H3/t15-,16-/m0/s1. The van der Waals surface area contributed by atoms with Crippen molar-refractivity contribution in [3.8, 4) is 0 Å². The number of nitrogens with one attached hydrogen (secondary N) is 1. The van der Waals surface area contributed by atoms with E-state index in [-0.39, 0.29) is 0 Å². The maximum atomic E-state index is 12.6. The summed E-state index contributed by atoms with van der Waals surface area (Å²) in [4.78, 5) is 2.91. The minimum atomic E-state index is -3.43. The molecular formula is C19H32N2O2S. The Labute approximate surface area is 147 Å². The molecule has 0 bridgehead atoms. The van der Waals surface area contributed by atoms with Crippen molar-refractivity contribution >= 4 is 10.0 Å². The van der Waals surface area contributed by atoms with Gasteiger partial charge in [-0.1, -0.05) is 31.5 Å². The summed E-state index contributed by atoms with van der Waals surface area (Å²) >= 11 is 0. The van der Waals surface area contributed by atoms with Crippen molar-refractivity contribution in [3.05, 3.63) is 28.8 Å². The molecule has 1 aliphatic rings. The molecule has 0 amide bonds. The molecule has 1 aliphatic heterocycles. The van der Waals surface area contributed by atoms with E-state index < -0.39 is 10.0 Å². The lowest BCUT2D eigenvalue weighted by molar-refractivity contribution is 0.140. The van der Waals surface area contributed by atoms with Crippen LogP contribution in [0.15, 0.2) is 17.0 Å². The Morgan fingerprint density at radius 2 is 1.62 bits per heavy atom. The smallest absolute Gasteiger partial charge is 0.241 e. The first-order valence-electron chi connectivity index (χ1n) is 8.99. The van der Waals surface area contributed by atoms with Crippen molar-refractivity contribution in [2.75, 3.05) is 26.2 Å². The highest BCUT2D eigenvalue weighted by atomic mass is 32.2. The quantitative estimate of drug-likeness (QED) is 0.800. The van der Waals surface area contributed by atoms with Gasteiger partial charge < -0.3 is 4.90 Å². The molecule has 2 rings (SSSR count). The van der Waals surface area contributed by atoms with Gasteiger partial charge in [0.25, 0.3) is 0 Å². The second-order valence-electron chi connectivity index (χ2n) is 7.68. The molecule has 4 nitrogen and oxygen atoms in total. The monoisotopic (exact) mass is 352 g/mol. The topological polar surface area (TPSA) is 49.4 Å². The summed E-state index contributed by atoms with van der Waals surface area (Å²) in [7, 11) is -3.43. The van der Waals surface area contributed by atoms with Gasteiger partial charge in [0.05, 0.1) is 4.90 Å². The number of piperidine rings is 1. The summed E-state index contributed by atoms with van der Waals surface area (Å²) in [5, 5.41) is 0. The van der Waals surface area contributed by atoms with E-state index in [0.717, 1.165) is 54.6 Å². The summed E-state index contributed by atoms with van der Waals surface area (Å²) in [5.41, 5.74) is 2.73. The molecule has 1 fully saturated rings. The second kappa shape index (κ2) is 7.98. The molecule has 1 aromatic rings. The largest absolute Gasteiger partial charge is 0.303 e. The minimum absolute atomic E-state index is 0.438. The Hall–Kier alpha value is -0.910.